The van der Waals surface area contributed by atoms with Crippen LogP contribution in [0.25, 0.3) is 44.5 Å². The van der Waals surface area contributed by atoms with E-state index in [1.54, 1.807) is 0 Å². The molecule has 2 heterocycles. The number of fused-ring (bicyclic) bond motifs is 4. The molecular formula is C54H36N2O2. The summed E-state index contributed by atoms with van der Waals surface area (Å²) < 4.78 is 12.8. The van der Waals surface area contributed by atoms with E-state index in [2.05, 4.69) is 192 Å². The van der Waals surface area contributed by atoms with Crippen LogP contribution < -0.4 is 19.3 Å². The second-order valence-corrected chi connectivity index (χ2v) is 14.6. The molecule has 274 valence electrons. The van der Waals surface area contributed by atoms with Crippen LogP contribution in [-0.2, 0) is 0 Å². The molecule has 2 aliphatic rings. The Morgan fingerprint density at radius 3 is 1.24 bits per heavy atom. The lowest BCUT2D eigenvalue weighted by Gasteiger charge is -2.37. The second kappa shape index (κ2) is 14.0. The monoisotopic (exact) mass is 744 g/mol. The normalized spacial score (nSPS) is 12.0. The predicted molar refractivity (Wildman–Crippen MR) is 238 cm³/mol. The molecule has 0 atom stereocenters. The summed E-state index contributed by atoms with van der Waals surface area (Å²) in [4.78, 5) is 4.58. The molecule has 0 bridgehead atoms. The third kappa shape index (κ3) is 5.96. The minimum absolute atomic E-state index is 0.777. The van der Waals surface area contributed by atoms with Crippen LogP contribution in [0.1, 0.15) is 0 Å². The van der Waals surface area contributed by atoms with Crippen molar-refractivity contribution >= 4 is 34.1 Å². The second-order valence-electron chi connectivity index (χ2n) is 14.6. The van der Waals surface area contributed by atoms with E-state index in [9.17, 15) is 0 Å². The third-order valence-electron chi connectivity index (χ3n) is 11.1. The fraction of sp³-hybridized carbons (Fsp3) is 0. The van der Waals surface area contributed by atoms with Crippen LogP contribution in [0.5, 0.6) is 23.0 Å². The summed E-state index contributed by atoms with van der Waals surface area (Å²) in [6, 6.07) is 76.9. The summed E-state index contributed by atoms with van der Waals surface area (Å²) in [5.74, 6) is 3.20. The van der Waals surface area contributed by atoms with Crippen molar-refractivity contribution in [3.63, 3.8) is 0 Å². The first-order valence-corrected chi connectivity index (χ1v) is 19.6. The van der Waals surface area contributed by atoms with Gasteiger partial charge in [0.15, 0.2) is 23.0 Å². The zero-order valence-corrected chi connectivity index (χ0v) is 31.5. The number of hydrogen-bond acceptors (Lipinski definition) is 4. The van der Waals surface area contributed by atoms with Crippen LogP contribution in [-0.4, -0.2) is 0 Å². The molecule has 4 heteroatoms. The van der Waals surface area contributed by atoms with Crippen molar-refractivity contribution < 1.29 is 9.47 Å². The highest BCUT2D eigenvalue weighted by Crippen LogP contribution is 2.59. The summed E-state index contributed by atoms with van der Waals surface area (Å²) in [7, 11) is 0. The van der Waals surface area contributed by atoms with Crippen LogP contribution in [0.15, 0.2) is 218 Å². The molecule has 0 radical (unpaired) electrons. The summed E-state index contributed by atoms with van der Waals surface area (Å²) in [5.41, 5.74) is 15.5. The van der Waals surface area contributed by atoms with Gasteiger partial charge in [0.25, 0.3) is 0 Å². The largest absolute Gasteiger partial charge is 0.453 e. The van der Waals surface area contributed by atoms with Crippen molar-refractivity contribution in [2.75, 3.05) is 9.80 Å². The van der Waals surface area contributed by atoms with Gasteiger partial charge in [0, 0.05) is 17.1 Å². The summed E-state index contributed by atoms with van der Waals surface area (Å²) in [6.07, 6.45) is 0. The van der Waals surface area contributed by atoms with Crippen molar-refractivity contribution in [3.8, 4) is 67.5 Å². The van der Waals surface area contributed by atoms with Crippen LogP contribution in [0.3, 0.4) is 0 Å². The summed E-state index contributed by atoms with van der Waals surface area (Å²) >= 11 is 0. The Labute approximate surface area is 338 Å². The lowest BCUT2D eigenvalue weighted by molar-refractivity contribution is 0.446. The maximum absolute atomic E-state index is 6.56. The van der Waals surface area contributed by atoms with E-state index in [4.69, 9.17) is 9.47 Å². The van der Waals surface area contributed by atoms with Crippen molar-refractivity contribution in [3.05, 3.63) is 218 Å². The molecule has 0 aliphatic carbocycles. The molecule has 9 aromatic carbocycles. The van der Waals surface area contributed by atoms with Crippen molar-refractivity contribution in [2.24, 2.45) is 0 Å². The Morgan fingerprint density at radius 2 is 0.655 bits per heavy atom. The first kappa shape index (κ1) is 33.5. The standard InChI is InChI=1S/C54H36N2O2/c1-3-11-37(12-4-1)39-21-28-45(29-22-39)55(46-30-23-40(24-31-46)38-13-5-2-6-14-38)47-32-25-41(26-33-47)42-15-9-16-43(35-42)44-27-34-49-53(36-44)58-52-20-10-19-51-54(52)56(49)48-17-7-8-18-50(48)57-51/h1-36H. The molecule has 0 N–H and O–H groups in total. The Balaban J connectivity index is 0.916. The molecule has 0 amide bonds. The molecule has 4 nitrogen and oxygen atoms in total. The van der Waals surface area contributed by atoms with Crippen LogP contribution >= 0.6 is 0 Å². The van der Waals surface area contributed by atoms with Gasteiger partial charge in [0.1, 0.15) is 5.69 Å². The third-order valence-corrected chi connectivity index (χ3v) is 11.1. The molecule has 0 fully saturated rings. The van der Waals surface area contributed by atoms with E-state index in [1.807, 2.05) is 36.4 Å². The Bertz CT molecular complexity index is 2840. The molecule has 9 aromatic rings. The van der Waals surface area contributed by atoms with Crippen LogP contribution in [0, 0.1) is 0 Å². The first-order chi connectivity index (χ1) is 28.7. The molecule has 0 unspecified atom stereocenters. The fourth-order valence-corrected chi connectivity index (χ4v) is 8.18. The molecule has 0 spiro atoms. The number of rotatable bonds is 7. The zero-order chi connectivity index (χ0) is 38.4. The summed E-state index contributed by atoms with van der Waals surface area (Å²) in [6.45, 7) is 0. The lowest BCUT2D eigenvalue weighted by atomic mass is 9.97. The van der Waals surface area contributed by atoms with Gasteiger partial charge in [0.05, 0.1) is 11.4 Å². The highest BCUT2D eigenvalue weighted by Gasteiger charge is 2.34. The number of hydrogen-bond donors (Lipinski definition) is 0. The van der Waals surface area contributed by atoms with Gasteiger partial charge in [-0.1, -0.05) is 140 Å². The fourth-order valence-electron chi connectivity index (χ4n) is 8.18. The van der Waals surface area contributed by atoms with Gasteiger partial charge in [-0.2, -0.15) is 0 Å². The number of ether oxygens (including phenoxy) is 2. The zero-order valence-electron chi connectivity index (χ0n) is 31.5. The smallest absolute Gasteiger partial charge is 0.155 e. The van der Waals surface area contributed by atoms with E-state index in [-0.39, 0.29) is 0 Å². The van der Waals surface area contributed by atoms with Gasteiger partial charge in [-0.25, -0.2) is 0 Å². The van der Waals surface area contributed by atoms with Gasteiger partial charge >= 0.3 is 0 Å². The Hall–Kier alpha value is -7.82. The number of nitrogens with zero attached hydrogens (tertiary/aromatic N) is 2. The Kier molecular flexibility index (Phi) is 8.11. The van der Waals surface area contributed by atoms with Gasteiger partial charge in [-0.15, -0.1) is 0 Å². The SMILES string of the molecule is c1ccc(-c2ccc(N(c3ccc(-c4ccccc4)cc3)c3ccc(-c4cccc(-c5ccc6c(c5)Oc5cccc7c5N6c5ccccc5O7)c4)cc3)cc2)cc1. The van der Waals surface area contributed by atoms with Crippen molar-refractivity contribution in [1.29, 1.82) is 0 Å². The Morgan fingerprint density at radius 1 is 0.276 bits per heavy atom. The molecule has 0 aromatic heterocycles. The van der Waals surface area contributed by atoms with Crippen molar-refractivity contribution in [1.82, 2.24) is 0 Å². The van der Waals surface area contributed by atoms with Gasteiger partial charge < -0.3 is 14.4 Å². The number of anilines is 6. The van der Waals surface area contributed by atoms with E-state index in [0.717, 1.165) is 79.4 Å². The highest BCUT2D eigenvalue weighted by molar-refractivity contribution is 5.94. The van der Waals surface area contributed by atoms with Crippen molar-refractivity contribution in [2.45, 2.75) is 0 Å². The van der Waals surface area contributed by atoms with E-state index in [1.165, 1.54) is 22.3 Å². The minimum atomic E-state index is 0.777. The molecule has 11 rings (SSSR count). The number of benzene rings is 9. The first-order valence-electron chi connectivity index (χ1n) is 19.6. The van der Waals surface area contributed by atoms with Gasteiger partial charge in [-0.05, 0) is 123 Å². The average molecular weight is 745 g/mol. The summed E-state index contributed by atoms with van der Waals surface area (Å²) in [5, 5.41) is 0. The minimum Gasteiger partial charge on any atom is -0.453 e. The molecule has 58 heavy (non-hydrogen) atoms. The van der Waals surface area contributed by atoms with Crippen LogP contribution in [0.4, 0.5) is 34.1 Å². The van der Waals surface area contributed by atoms with Gasteiger partial charge in [0.2, 0.25) is 0 Å². The predicted octanol–water partition coefficient (Wildman–Crippen LogP) is 15.5. The van der Waals surface area contributed by atoms with E-state index >= 15 is 0 Å². The highest BCUT2D eigenvalue weighted by atomic mass is 16.5. The maximum atomic E-state index is 6.56. The average Bonchev–Trinajstić information content (AvgIpc) is 3.30. The molecule has 2 aliphatic heterocycles. The number of para-hydroxylation sites is 3. The topological polar surface area (TPSA) is 24.9 Å². The quantitative estimate of drug-likeness (QED) is 0.162. The van der Waals surface area contributed by atoms with E-state index < -0.39 is 0 Å². The maximum Gasteiger partial charge on any atom is 0.155 e. The molecular weight excluding hydrogens is 709 g/mol. The molecule has 0 saturated carbocycles. The molecule has 0 saturated heterocycles. The van der Waals surface area contributed by atoms with E-state index in [0.29, 0.717) is 0 Å². The van der Waals surface area contributed by atoms with Gasteiger partial charge in [-0.3, -0.25) is 4.90 Å². The lowest BCUT2D eigenvalue weighted by Crippen LogP contribution is -2.20. The van der Waals surface area contributed by atoms with Crippen LogP contribution in [0.2, 0.25) is 0 Å².